The Morgan fingerprint density at radius 1 is 1.86 bits per heavy atom. The zero-order valence-electron chi connectivity index (χ0n) is 5.44. The second-order valence-electron chi connectivity index (χ2n) is 0.804. The summed E-state index contributed by atoms with van der Waals surface area (Å²) in [4.78, 5) is 9.29. The molecule has 7 heavy (non-hydrogen) atoms. The van der Waals surface area contributed by atoms with Crippen LogP contribution in [-0.2, 0) is 4.79 Å². The van der Waals surface area contributed by atoms with Crippen molar-refractivity contribution in [2.24, 2.45) is 0 Å². The molecule has 0 aliphatic carbocycles. The zero-order valence-corrected chi connectivity index (χ0v) is 6.44. The van der Waals surface area contributed by atoms with Crippen LogP contribution in [0.1, 0.15) is 8.35 Å². The van der Waals surface area contributed by atoms with Crippen molar-refractivity contribution in [3.63, 3.8) is 0 Å². The maximum atomic E-state index is 11.0. The fraction of sp³-hybridized carbons (Fsp3) is 0.250. The van der Waals surface area contributed by atoms with Crippen molar-refractivity contribution in [3.05, 3.63) is 12.2 Å². The van der Waals surface area contributed by atoms with Crippen LogP contribution in [0.15, 0.2) is 12.2 Å². The molecule has 0 aromatic rings. The fourth-order valence-corrected chi connectivity index (χ4v) is 0.131. The van der Waals surface area contributed by atoms with Crippen LogP contribution in [0.3, 0.4) is 0 Å². The molecule has 0 aromatic carbocycles. The summed E-state index contributed by atoms with van der Waals surface area (Å²) in [5.74, 6) is 0. The Morgan fingerprint density at radius 3 is 2.29 bits per heavy atom. The summed E-state index contributed by atoms with van der Waals surface area (Å²) in [6.45, 7) is 1.58. The van der Waals surface area contributed by atoms with Crippen LogP contribution in [0.4, 0.5) is 4.39 Å². The molecule has 3 heteroatoms. The largest absolute Gasteiger partial charge is 1.00 e. The first-order chi connectivity index (χ1) is 2.77. The van der Waals surface area contributed by atoms with Gasteiger partial charge in [-0.2, -0.15) is 4.39 Å². The molecule has 0 N–H and O–H groups in total. The molecule has 0 saturated heterocycles. The number of hydrogen-bond donors (Lipinski definition) is 0. The molecule has 36 valence electrons. The summed E-state index contributed by atoms with van der Waals surface area (Å²) in [6.07, 6.45) is 2.21. The second-order valence-corrected chi connectivity index (χ2v) is 0.804. The predicted molar refractivity (Wildman–Crippen MR) is 22.0 cm³/mol. The maximum Gasteiger partial charge on any atom is 1.00 e. The van der Waals surface area contributed by atoms with Crippen LogP contribution in [0.5, 0.6) is 0 Å². The molecule has 0 amide bonds. The van der Waals surface area contributed by atoms with Gasteiger partial charge in [0, 0.05) is 6.08 Å². The Hall–Kier alpha value is 0.340. The number of hydrogen-bond acceptors (Lipinski definition) is 1. The molecule has 0 spiro atoms. The topological polar surface area (TPSA) is 17.1 Å². The van der Waals surface area contributed by atoms with Crippen LogP contribution < -0.4 is 29.6 Å². The van der Waals surface area contributed by atoms with Gasteiger partial charge in [0.1, 0.15) is 0 Å². The number of carbonyl (C=O) groups is 1. The first-order valence-corrected chi connectivity index (χ1v) is 1.59. The zero-order chi connectivity index (χ0) is 4.99. The summed E-state index contributed by atoms with van der Waals surface area (Å²) >= 11 is 0. The van der Waals surface area contributed by atoms with E-state index in [1.54, 1.807) is 6.92 Å². The van der Waals surface area contributed by atoms with E-state index in [2.05, 4.69) is 0 Å². The van der Waals surface area contributed by atoms with Crippen molar-refractivity contribution in [2.75, 3.05) is 0 Å². The molecular weight excluding hydrogens is 106 g/mol. The minimum absolute atomic E-state index is 0. The summed E-state index contributed by atoms with van der Waals surface area (Å²) in [5.41, 5.74) is 0. The van der Waals surface area contributed by atoms with Crippen LogP contribution in [-0.4, -0.2) is 6.04 Å². The average Bonchev–Trinajstić information content (AvgIpc) is 1.35. The normalized spacial score (nSPS) is 8.29. The fourth-order valence-electron chi connectivity index (χ4n) is 0.131. The summed E-state index contributed by atoms with van der Waals surface area (Å²) < 4.78 is 11.0. The van der Waals surface area contributed by atoms with Crippen molar-refractivity contribution >= 4 is 6.04 Å². The molecule has 0 unspecified atom stereocenters. The second kappa shape index (κ2) is 6.34. The van der Waals surface area contributed by atoms with E-state index < -0.39 is 6.04 Å². The average molecular weight is 112 g/mol. The maximum absolute atomic E-state index is 11.0. The first kappa shape index (κ1) is 10.3. The smallest absolute Gasteiger partial charge is 1.00 e. The molecule has 0 aliphatic heterocycles. The Bertz CT molecular complexity index is 84.1. The van der Waals surface area contributed by atoms with Crippen molar-refractivity contribution in [3.8, 4) is 0 Å². The predicted octanol–water partition coefficient (Wildman–Crippen LogP) is -1.82. The van der Waals surface area contributed by atoms with E-state index in [-0.39, 0.29) is 31.0 Å². The Morgan fingerprint density at radius 2 is 2.29 bits per heavy atom. The monoisotopic (exact) mass is 112 g/mol. The van der Waals surface area contributed by atoms with Crippen LogP contribution in [0.2, 0.25) is 0 Å². The van der Waals surface area contributed by atoms with E-state index in [4.69, 9.17) is 0 Å². The van der Waals surface area contributed by atoms with Gasteiger partial charge < -0.3 is 1.43 Å². The van der Waals surface area contributed by atoms with Gasteiger partial charge in [0.25, 0.3) is 0 Å². The van der Waals surface area contributed by atoms with Crippen LogP contribution in [0.25, 0.3) is 0 Å². The van der Waals surface area contributed by atoms with Crippen LogP contribution >= 0.6 is 0 Å². The first-order valence-electron chi connectivity index (χ1n) is 1.59. The summed E-state index contributed by atoms with van der Waals surface area (Å²) in [7, 11) is 0. The van der Waals surface area contributed by atoms with E-state index in [1.807, 2.05) is 0 Å². The molecule has 0 atom stereocenters. The van der Waals surface area contributed by atoms with E-state index in [1.165, 1.54) is 6.08 Å². The number of rotatable bonds is 1. The van der Waals surface area contributed by atoms with Gasteiger partial charge in [-0.1, -0.05) is 6.08 Å². The Kier molecular flexibility index (Phi) is 9.37. The molecule has 0 aromatic heterocycles. The molecular formula is C4H6FNaO. The third-order valence-electron chi connectivity index (χ3n) is 0.298. The molecule has 0 rings (SSSR count). The minimum Gasteiger partial charge on any atom is -1.00 e. The van der Waals surface area contributed by atoms with E-state index >= 15 is 0 Å². The SMILES string of the molecule is CC=CC(=O)F.[H-].[Na+]. The van der Waals surface area contributed by atoms with Crippen molar-refractivity contribution in [2.45, 2.75) is 6.92 Å². The third kappa shape index (κ3) is 10.7. The Labute approximate surface area is 65.4 Å². The van der Waals surface area contributed by atoms with E-state index in [0.29, 0.717) is 0 Å². The van der Waals surface area contributed by atoms with Crippen molar-refractivity contribution in [1.82, 2.24) is 0 Å². The van der Waals surface area contributed by atoms with Gasteiger partial charge >= 0.3 is 35.6 Å². The summed E-state index contributed by atoms with van der Waals surface area (Å²) in [6, 6.07) is -1.39. The van der Waals surface area contributed by atoms with Gasteiger partial charge in [0.05, 0.1) is 0 Å². The number of halogens is 1. The number of allylic oxidation sites excluding steroid dienone is 2. The van der Waals surface area contributed by atoms with Gasteiger partial charge in [-0.15, -0.1) is 0 Å². The van der Waals surface area contributed by atoms with E-state index in [0.717, 1.165) is 6.08 Å². The molecule has 0 fully saturated rings. The molecule has 0 saturated carbocycles. The molecule has 0 bridgehead atoms. The van der Waals surface area contributed by atoms with Gasteiger partial charge in [0.15, 0.2) is 0 Å². The molecule has 1 nitrogen and oxygen atoms in total. The van der Waals surface area contributed by atoms with Crippen molar-refractivity contribution < 1.29 is 40.2 Å². The van der Waals surface area contributed by atoms with Gasteiger partial charge in [-0.05, 0) is 6.92 Å². The van der Waals surface area contributed by atoms with Crippen LogP contribution in [0, 0.1) is 0 Å². The third-order valence-corrected chi connectivity index (χ3v) is 0.298. The molecule has 0 radical (unpaired) electrons. The minimum atomic E-state index is -1.39. The Balaban J connectivity index is -0.000000125. The quantitative estimate of drug-likeness (QED) is 0.222. The molecule has 0 heterocycles. The van der Waals surface area contributed by atoms with Crippen molar-refractivity contribution in [1.29, 1.82) is 0 Å². The number of carbonyl (C=O) groups excluding carboxylic acids is 1. The van der Waals surface area contributed by atoms with Gasteiger partial charge in [0.2, 0.25) is 0 Å². The van der Waals surface area contributed by atoms with Gasteiger partial charge in [-0.25, -0.2) is 0 Å². The van der Waals surface area contributed by atoms with Gasteiger partial charge in [-0.3, -0.25) is 4.79 Å². The van der Waals surface area contributed by atoms with E-state index in [9.17, 15) is 9.18 Å². The molecule has 0 aliphatic rings. The summed E-state index contributed by atoms with van der Waals surface area (Å²) in [5, 5.41) is 0. The standard InChI is InChI=1S/C4H5FO.Na.H/c1-2-3-4(5)6;;/h2-3H,1H3;;/q;+1;-1.